The summed E-state index contributed by atoms with van der Waals surface area (Å²) in [6, 6.07) is 17.5. The van der Waals surface area contributed by atoms with Gasteiger partial charge in [0.25, 0.3) is 5.91 Å². The van der Waals surface area contributed by atoms with Gasteiger partial charge in [-0.25, -0.2) is 9.97 Å². The molecule has 0 bridgehead atoms. The van der Waals surface area contributed by atoms with Crippen molar-refractivity contribution in [2.45, 2.75) is 33.1 Å². The number of hydrogen-bond donors (Lipinski definition) is 2. The van der Waals surface area contributed by atoms with Crippen LogP contribution in [0.3, 0.4) is 0 Å². The molecule has 0 aliphatic carbocycles. The van der Waals surface area contributed by atoms with Crippen molar-refractivity contribution < 1.29 is 4.79 Å². The van der Waals surface area contributed by atoms with Gasteiger partial charge in [-0.1, -0.05) is 45.0 Å². The molecule has 0 unspecified atom stereocenters. The van der Waals surface area contributed by atoms with Gasteiger partial charge in [0, 0.05) is 17.6 Å². The Bertz CT molecular complexity index is 902. The second kappa shape index (κ2) is 8.45. The first-order valence-corrected chi connectivity index (χ1v) is 9.15. The highest BCUT2D eigenvalue weighted by Gasteiger charge is 2.10. The maximum Gasteiger partial charge on any atom is 0.274 e. The number of nitrogens with zero attached hydrogens (tertiary/aromatic N) is 2. The Hall–Kier alpha value is -3.21. The van der Waals surface area contributed by atoms with E-state index in [2.05, 4.69) is 53.5 Å². The first-order chi connectivity index (χ1) is 13.0. The minimum absolute atomic E-state index is 0.264. The number of carbonyl (C=O) groups is 1. The molecule has 0 saturated carbocycles. The summed E-state index contributed by atoms with van der Waals surface area (Å²) in [5.41, 5.74) is 4.43. The van der Waals surface area contributed by atoms with Gasteiger partial charge in [-0.2, -0.15) is 0 Å². The van der Waals surface area contributed by atoms with Crippen molar-refractivity contribution >= 4 is 23.2 Å². The number of amides is 1. The van der Waals surface area contributed by atoms with E-state index in [0.29, 0.717) is 17.6 Å². The molecule has 2 N–H and O–H groups in total. The van der Waals surface area contributed by atoms with Crippen LogP contribution in [0.25, 0.3) is 0 Å². The third kappa shape index (κ3) is 4.91. The van der Waals surface area contributed by atoms with E-state index in [1.807, 2.05) is 36.4 Å². The average Bonchev–Trinajstić information content (AvgIpc) is 2.69. The fourth-order valence-electron chi connectivity index (χ4n) is 2.64. The minimum Gasteiger partial charge on any atom is -0.324 e. The summed E-state index contributed by atoms with van der Waals surface area (Å²) < 4.78 is 0. The highest BCUT2D eigenvalue weighted by atomic mass is 16.1. The zero-order chi connectivity index (χ0) is 19.2. The van der Waals surface area contributed by atoms with E-state index in [-0.39, 0.29) is 5.91 Å². The van der Waals surface area contributed by atoms with Gasteiger partial charge in [-0.15, -0.1) is 0 Å². The zero-order valence-electron chi connectivity index (χ0n) is 15.9. The van der Waals surface area contributed by atoms with Crippen LogP contribution in [0.2, 0.25) is 0 Å². The van der Waals surface area contributed by atoms with Crippen LogP contribution in [-0.2, 0) is 6.42 Å². The Morgan fingerprint density at radius 1 is 0.963 bits per heavy atom. The fourth-order valence-corrected chi connectivity index (χ4v) is 2.64. The maximum absolute atomic E-state index is 12.5. The molecule has 1 heterocycles. The van der Waals surface area contributed by atoms with Crippen LogP contribution < -0.4 is 10.6 Å². The quantitative estimate of drug-likeness (QED) is 0.637. The number of carbonyl (C=O) groups excluding carboxylic acids is 1. The fraction of sp³-hybridized carbons (Fsp3) is 0.227. The van der Waals surface area contributed by atoms with Crippen LogP contribution in [0.1, 0.15) is 48.3 Å². The highest BCUT2D eigenvalue weighted by molar-refractivity contribution is 6.03. The number of nitrogens with one attached hydrogen (secondary N) is 2. The molecule has 2 aromatic carbocycles. The van der Waals surface area contributed by atoms with E-state index in [0.717, 1.165) is 17.8 Å². The van der Waals surface area contributed by atoms with Crippen LogP contribution in [0.5, 0.6) is 0 Å². The van der Waals surface area contributed by atoms with Gasteiger partial charge in [-0.05, 0) is 53.8 Å². The minimum atomic E-state index is -0.264. The first-order valence-electron chi connectivity index (χ1n) is 9.15. The summed E-state index contributed by atoms with van der Waals surface area (Å²) >= 11 is 0. The first kappa shape index (κ1) is 18.6. The second-order valence-electron chi connectivity index (χ2n) is 6.67. The zero-order valence-corrected chi connectivity index (χ0v) is 15.9. The third-order valence-electron chi connectivity index (χ3n) is 4.34. The van der Waals surface area contributed by atoms with E-state index in [9.17, 15) is 4.79 Å². The molecule has 3 rings (SSSR count). The molecule has 27 heavy (non-hydrogen) atoms. The molecule has 1 aromatic heterocycles. The largest absolute Gasteiger partial charge is 0.324 e. The Kier molecular flexibility index (Phi) is 5.81. The Balaban J connectivity index is 1.69. The molecule has 138 valence electrons. The standard InChI is InChI=1S/C22H24N4O/c1-4-16-5-9-18(10-6-16)24-21(27)20-13-14-23-22(26-20)25-19-11-7-17(8-12-19)15(2)3/h5-15H,4H2,1-3H3,(H,24,27)(H,23,25,26). The van der Waals surface area contributed by atoms with Crippen molar-refractivity contribution in [2.24, 2.45) is 0 Å². The number of benzene rings is 2. The number of aryl methyl sites for hydroxylation is 1. The lowest BCUT2D eigenvalue weighted by atomic mass is 10.0. The van der Waals surface area contributed by atoms with Gasteiger partial charge in [-0.3, -0.25) is 4.79 Å². The monoisotopic (exact) mass is 360 g/mol. The average molecular weight is 360 g/mol. The summed E-state index contributed by atoms with van der Waals surface area (Å²) in [7, 11) is 0. The highest BCUT2D eigenvalue weighted by Crippen LogP contribution is 2.19. The lowest BCUT2D eigenvalue weighted by Gasteiger charge is -2.09. The lowest BCUT2D eigenvalue weighted by Crippen LogP contribution is -2.14. The van der Waals surface area contributed by atoms with Crippen LogP contribution in [-0.4, -0.2) is 15.9 Å². The Labute approximate surface area is 159 Å². The molecular weight excluding hydrogens is 336 g/mol. The number of anilines is 3. The second-order valence-corrected chi connectivity index (χ2v) is 6.67. The van der Waals surface area contributed by atoms with Gasteiger partial charge in [0.1, 0.15) is 5.69 Å². The number of rotatable bonds is 6. The maximum atomic E-state index is 12.5. The Morgan fingerprint density at radius 3 is 2.26 bits per heavy atom. The van der Waals surface area contributed by atoms with E-state index < -0.39 is 0 Å². The molecule has 0 atom stereocenters. The van der Waals surface area contributed by atoms with E-state index in [1.165, 1.54) is 11.1 Å². The molecule has 5 heteroatoms. The molecule has 0 saturated heterocycles. The summed E-state index contributed by atoms with van der Waals surface area (Å²) in [6.45, 7) is 6.41. The van der Waals surface area contributed by atoms with Crippen LogP contribution in [0.15, 0.2) is 60.8 Å². The predicted octanol–water partition coefficient (Wildman–Crippen LogP) is 5.16. The molecule has 3 aromatic rings. The van der Waals surface area contributed by atoms with Crippen LogP contribution >= 0.6 is 0 Å². The van der Waals surface area contributed by atoms with Crippen LogP contribution in [0, 0.1) is 0 Å². The lowest BCUT2D eigenvalue weighted by molar-refractivity contribution is 0.102. The summed E-state index contributed by atoms with van der Waals surface area (Å²) in [5, 5.41) is 6.01. The van der Waals surface area contributed by atoms with Crippen molar-refractivity contribution in [2.75, 3.05) is 10.6 Å². The molecule has 1 amide bonds. The van der Waals surface area contributed by atoms with Gasteiger partial charge in [0.15, 0.2) is 0 Å². The number of aromatic nitrogens is 2. The van der Waals surface area contributed by atoms with Crippen molar-refractivity contribution in [3.05, 3.63) is 77.6 Å². The van der Waals surface area contributed by atoms with Gasteiger partial charge < -0.3 is 10.6 Å². The summed E-state index contributed by atoms with van der Waals surface area (Å²) in [4.78, 5) is 21.0. The topological polar surface area (TPSA) is 66.9 Å². The SMILES string of the molecule is CCc1ccc(NC(=O)c2ccnc(Nc3ccc(C(C)C)cc3)n2)cc1. The summed E-state index contributed by atoms with van der Waals surface area (Å²) in [5.74, 6) is 0.606. The third-order valence-corrected chi connectivity index (χ3v) is 4.34. The van der Waals surface area contributed by atoms with Gasteiger partial charge in [0.05, 0.1) is 0 Å². The van der Waals surface area contributed by atoms with E-state index >= 15 is 0 Å². The molecule has 5 nitrogen and oxygen atoms in total. The molecule has 0 aliphatic rings. The molecular formula is C22H24N4O. The van der Waals surface area contributed by atoms with Crippen molar-refractivity contribution in [3.63, 3.8) is 0 Å². The van der Waals surface area contributed by atoms with E-state index in [4.69, 9.17) is 0 Å². The molecule has 0 aliphatic heterocycles. The van der Waals surface area contributed by atoms with E-state index in [1.54, 1.807) is 12.3 Å². The summed E-state index contributed by atoms with van der Waals surface area (Å²) in [6.07, 6.45) is 2.54. The number of hydrogen-bond acceptors (Lipinski definition) is 4. The van der Waals surface area contributed by atoms with Gasteiger partial charge in [0.2, 0.25) is 5.95 Å². The van der Waals surface area contributed by atoms with Gasteiger partial charge >= 0.3 is 0 Å². The van der Waals surface area contributed by atoms with Crippen LogP contribution in [0.4, 0.5) is 17.3 Å². The smallest absolute Gasteiger partial charge is 0.274 e. The predicted molar refractivity (Wildman–Crippen MR) is 110 cm³/mol. The van der Waals surface area contributed by atoms with Crippen molar-refractivity contribution in [3.8, 4) is 0 Å². The molecule has 0 fully saturated rings. The van der Waals surface area contributed by atoms with Crippen molar-refractivity contribution in [1.29, 1.82) is 0 Å². The van der Waals surface area contributed by atoms with Crippen molar-refractivity contribution in [1.82, 2.24) is 9.97 Å². The molecule has 0 spiro atoms. The molecule has 0 radical (unpaired) electrons. The Morgan fingerprint density at radius 2 is 1.63 bits per heavy atom. The normalized spacial score (nSPS) is 10.7.